The molecule has 3 saturated heterocycles. The van der Waals surface area contributed by atoms with Crippen LogP contribution in [-0.2, 0) is 25.7 Å². The lowest BCUT2D eigenvalue weighted by Crippen LogP contribution is -2.61. The van der Waals surface area contributed by atoms with Crippen molar-refractivity contribution in [2.24, 2.45) is 23.7 Å². The van der Waals surface area contributed by atoms with Gasteiger partial charge < -0.3 is 24.5 Å². The predicted molar refractivity (Wildman–Crippen MR) is 172 cm³/mol. The van der Waals surface area contributed by atoms with E-state index in [0.29, 0.717) is 26.1 Å². The zero-order chi connectivity index (χ0) is 32.4. The van der Waals surface area contributed by atoms with Crippen molar-refractivity contribution in [3.63, 3.8) is 0 Å². The molecule has 9 atom stereocenters. The molecule has 1 N–H and O–H groups in total. The Balaban J connectivity index is 1.86. The number of amides is 3. The Labute approximate surface area is 264 Å². The Morgan fingerprint density at radius 3 is 2.36 bits per heavy atom. The van der Waals surface area contributed by atoms with E-state index in [4.69, 9.17) is 4.74 Å². The van der Waals surface area contributed by atoms with Crippen LogP contribution >= 0.6 is 0 Å². The Morgan fingerprint density at radius 2 is 1.80 bits per heavy atom. The molecule has 0 radical (unpaired) electrons. The van der Waals surface area contributed by atoms with Gasteiger partial charge in [-0.3, -0.25) is 14.4 Å². The van der Waals surface area contributed by atoms with Crippen LogP contribution in [0.1, 0.15) is 72.8 Å². The molecule has 1 aromatic rings. The summed E-state index contributed by atoms with van der Waals surface area (Å²) in [4.78, 5) is 49.5. The maximum atomic E-state index is 14.8. The highest BCUT2D eigenvalue weighted by atomic mass is 16.5. The maximum absolute atomic E-state index is 14.8. The molecule has 3 heterocycles. The Bertz CT molecular complexity index is 1220. The lowest BCUT2D eigenvalue weighted by Gasteiger charge is -2.42. The van der Waals surface area contributed by atoms with Crippen LogP contribution < -0.4 is 0 Å². The van der Waals surface area contributed by atoms with Gasteiger partial charge in [-0.05, 0) is 44.1 Å². The van der Waals surface area contributed by atoms with E-state index in [9.17, 15) is 19.5 Å². The van der Waals surface area contributed by atoms with Gasteiger partial charge in [0, 0.05) is 25.7 Å². The van der Waals surface area contributed by atoms with Gasteiger partial charge in [-0.25, -0.2) is 0 Å². The SMILES string of the molecule is C=CCN(Cc1ccccc1)C(=O)[C@H]1[C@H]2C(=O)N([C@@H](CO)[C@@H](C)CC)C(C(=O)N(CC=C)C(C)CCC)C23CC(C)[C@]1(C)O3. The van der Waals surface area contributed by atoms with Crippen molar-refractivity contribution < 1.29 is 24.2 Å². The third-order valence-corrected chi connectivity index (χ3v) is 10.8. The number of likely N-dealkylation sites (tertiary alicyclic amines) is 1. The fourth-order valence-electron chi connectivity index (χ4n) is 8.25. The van der Waals surface area contributed by atoms with Gasteiger partial charge in [0.15, 0.2) is 0 Å². The first-order valence-electron chi connectivity index (χ1n) is 16.4. The minimum absolute atomic E-state index is 0.0647. The van der Waals surface area contributed by atoms with Crippen LogP contribution in [0.25, 0.3) is 0 Å². The largest absolute Gasteiger partial charge is 0.394 e. The van der Waals surface area contributed by atoms with Crippen LogP contribution in [0.5, 0.6) is 0 Å². The van der Waals surface area contributed by atoms with E-state index in [1.807, 2.05) is 62.9 Å². The second-order valence-corrected chi connectivity index (χ2v) is 13.5. The number of aliphatic hydroxyl groups is 1. The van der Waals surface area contributed by atoms with E-state index in [-0.39, 0.29) is 42.2 Å². The zero-order valence-corrected chi connectivity index (χ0v) is 27.6. The molecule has 0 saturated carbocycles. The van der Waals surface area contributed by atoms with Crippen molar-refractivity contribution >= 4 is 17.7 Å². The Morgan fingerprint density at radius 1 is 1.14 bits per heavy atom. The van der Waals surface area contributed by atoms with Gasteiger partial charge in [-0.2, -0.15) is 0 Å². The summed E-state index contributed by atoms with van der Waals surface area (Å²) in [7, 11) is 0. The van der Waals surface area contributed by atoms with Crippen LogP contribution in [0.4, 0.5) is 0 Å². The van der Waals surface area contributed by atoms with Crippen LogP contribution in [0, 0.1) is 23.7 Å². The van der Waals surface area contributed by atoms with Crippen molar-refractivity contribution in [1.29, 1.82) is 0 Å². The molecule has 3 fully saturated rings. The molecule has 8 nitrogen and oxygen atoms in total. The normalized spacial score (nSPS) is 30.9. The lowest BCUT2D eigenvalue weighted by molar-refractivity contribution is -0.159. The molecule has 4 rings (SSSR count). The molecule has 242 valence electrons. The van der Waals surface area contributed by atoms with Crippen molar-refractivity contribution in [2.75, 3.05) is 19.7 Å². The molecule has 3 aliphatic heterocycles. The quantitative estimate of drug-likeness (QED) is 0.289. The van der Waals surface area contributed by atoms with Gasteiger partial charge in [0.1, 0.15) is 11.6 Å². The zero-order valence-electron chi connectivity index (χ0n) is 27.6. The van der Waals surface area contributed by atoms with Crippen molar-refractivity contribution in [1.82, 2.24) is 14.7 Å². The fourth-order valence-corrected chi connectivity index (χ4v) is 8.25. The van der Waals surface area contributed by atoms with Crippen LogP contribution in [0.15, 0.2) is 55.6 Å². The summed E-state index contributed by atoms with van der Waals surface area (Å²) < 4.78 is 7.02. The average molecular weight is 608 g/mol. The monoisotopic (exact) mass is 607 g/mol. The van der Waals surface area contributed by atoms with E-state index < -0.39 is 35.1 Å². The summed E-state index contributed by atoms with van der Waals surface area (Å²) in [6, 6.07) is 8.18. The number of benzene rings is 1. The number of fused-ring (bicyclic) bond motifs is 1. The summed E-state index contributed by atoms with van der Waals surface area (Å²) in [6.07, 6.45) is 6.34. The first-order valence-corrected chi connectivity index (χ1v) is 16.4. The van der Waals surface area contributed by atoms with E-state index in [2.05, 4.69) is 27.0 Å². The van der Waals surface area contributed by atoms with Crippen LogP contribution in [0.2, 0.25) is 0 Å². The number of carbonyl (C=O) groups is 3. The summed E-state index contributed by atoms with van der Waals surface area (Å²) in [5.74, 6) is -2.38. The van der Waals surface area contributed by atoms with E-state index >= 15 is 0 Å². The topological polar surface area (TPSA) is 90.4 Å². The third kappa shape index (κ3) is 5.53. The second-order valence-electron chi connectivity index (χ2n) is 13.5. The molecule has 4 unspecified atom stereocenters. The Hall–Kier alpha value is -2.97. The molecular formula is C36H53N3O5. The molecule has 1 aromatic carbocycles. The minimum Gasteiger partial charge on any atom is -0.394 e. The van der Waals surface area contributed by atoms with Gasteiger partial charge in [0.05, 0.1) is 30.1 Å². The number of hydrogen-bond acceptors (Lipinski definition) is 5. The predicted octanol–water partition coefficient (Wildman–Crippen LogP) is 4.82. The maximum Gasteiger partial charge on any atom is 0.248 e. The van der Waals surface area contributed by atoms with Gasteiger partial charge in [-0.15, -0.1) is 13.2 Å². The molecule has 3 aliphatic rings. The van der Waals surface area contributed by atoms with Gasteiger partial charge in [0.25, 0.3) is 0 Å². The van der Waals surface area contributed by atoms with E-state index in [1.165, 1.54) is 0 Å². The van der Waals surface area contributed by atoms with Crippen molar-refractivity contribution in [2.45, 2.75) is 103 Å². The van der Waals surface area contributed by atoms with E-state index in [1.54, 1.807) is 22.0 Å². The molecule has 0 aromatic heterocycles. The van der Waals surface area contributed by atoms with Crippen molar-refractivity contribution in [3.8, 4) is 0 Å². The van der Waals surface area contributed by atoms with Crippen LogP contribution in [0.3, 0.4) is 0 Å². The standard InChI is InChI=1S/C36H53N3O5/c1-9-16-26(7)38(20-11-3)34(43)31-36-21-25(6)35(8,44-36)29(30(36)33(42)39(31)28(23-40)24(5)12-4)32(41)37(19-10-2)22-27-17-14-13-15-18-27/h10-11,13-15,17-18,24-26,28-31,40H,2-3,9,12,16,19-23H2,1,4-8H3/t24-,25?,26?,28-,29+,30-,31?,35-,36?/m0/s1. The van der Waals surface area contributed by atoms with Crippen LogP contribution in [-0.4, -0.2) is 86.6 Å². The number of aliphatic hydroxyl groups excluding tert-OH is 1. The molecular weight excluding hydrogens is 554 g/mol. The summed E-state index contributed by atoms with van der Waals surface area (Å²) in [5, 5.41) is 10.7. The van der Waals surface area contributed by atoms with Gasteiger partial charge in [-0.1, -0.05) is 83.0 Å². The molecule has 2 bridgehead atoms. The number of ether oxygens (including phenoxy) is 1. The smallest absolute Gasteiger partial charge is 0.248 e. The summed E-state index contributed by atoms with van der Waals surface area (Å²) in [5.41, 5.74) is -1.13. The van der Waals surface area contributed by atoms with Gasteiger partial charge in [0.2, 0.25) is 17.7 Å². The highest BCUT2D eigenvalue weighted by molar-refractivity contribution is 5.99. The first kappa shape index (κ1) is 33.9. The molecule has 8 heteroatoms. The number of carbonyl (C=O) groups excluding carboxylic acids is 3. The number of rotatable bonds is 15. The average Bonchev–Trinajstić information content (AvgIpc) is 3.52. The highest BCUT2D eigenvalue weighted by Crippen LogP contribution is 2.66. The molecule has 0 aliphatic carbocycles. The van der Waals surface area contributed by atoms with Gasteiger partial charge >= 0.3 is 0 Å². The Kier molecular flexibility index (Phi) is 10.5. The lowest BCUT2D eigenvalue weighted by atomic mass is 9.62. The molecule has 3 amide bonds. The molecule has 1 spiro atoms. The third-order valence-electron chi connectivity index (χ3n) is 10.8. The number of nitrogens with zero attached hydrogens (tertiary/aromatic N) is 3. The highest BCUT2D eigenvalue weighted by Gasteiger charge is 2.80. The number of hydrogen-bond donors (Lipinski definition) is 1. The second kappa shape index (κ2) is 13.6. The molecule has 44 heavy (non-hydrogen) atoms. The van der Waals surface area contributed by atoms with Crippen molar-refractivity contribution in [3.05, 3.63) is 61.2 Å². The summed E-state index contributed by atoms with van der Waals surface area (Å²) in [6.45, 7) is 20.7. The minimum atomic E-state index is -1.18. The van der Waals surface area contributed by atoms with E-state index in [0.717, 1.165) is 24.8 Å². The fraction of sp³-hybridized carbons (Fsp3) is 0.639. The summed E-state index contributed by atoms with van der Waals surface area (Å²) >= 11 is 0. The first-order chi connectivity index (χ1) is 21.0.